The maximum Gasteiger partial charge on any atom is 0.334 e. The number of benzene rings is 1. The molecule has 4 rings (SSSR count). The first-order valence-corrected chi connectivity index (χ1v) is 9.40. The van der Waals surface area contributed by atoms with Crippen molar-refractivity contribution in [1.82, 2.24) is 24.5 Å². The number of nitrogens with zero attached hydrogens (tertiary/aromatic N) is 5. The van der Waals surface area contributed by atoms with Gasteiger partial charge in [-0.15, -0.1) is 0 Å². The Morgan fingerprint density at radius 3 is 2.58 bits per heavy atom. The number of aromatic nitrogens is 5. The fourth-order valence-corrected chi connectivity index (χ4v) is 3.20. The predicted octanol–water partition coefficient (Wildman–Crippen LogP) is 3.63. The van der Waals surface area contributed by atoms with Crippen molar-refractivity contribution in [3.63, 3.8) is 0 Å². The number of fused-ring (bicyclic) bond motifs is 1. The molecule has 0 bridgehead atoms. The fraction of sp³-hybridized carbons (Fsp3) is 0.190. The van der Waals surface area contributed by atoms with Gasteiger partial charge in [-0.1, -0.05) is 6.92 Å². The normalized spacial score (nSPS) is 11.8. The molecule has 7 nitrogen and oxygen atoms in total. The minimum atomic E-state index is -4.03. The van der Waals surface area contributed by atoms with Gasteiger partial charge in [0.15, 0.2) is 5.84 Å². The number of hydrogen-bond donors (Lipinski definition) is 2. The van der Waals surface area contributed by atoms with Crippen LogP contribution >= 0.6 is 0 Å². The van der Waals surface area contributed by atoms with Gasteiger partial charge in [0.2, 0.25) is 0 Å². The number of aryl methyl sites for hydroxylation is 2. The summed E-state index contributed by atoms with van der Waals surface area (Å²) in [6.45, 7) is 1.77. The third kappa shape index (κ3) is 3.60. The molecule has 31 heavy (non-hydrogen) atoms. The smallest absolute Gasteiger partial charge is 0.283 e. The third-order valence-corrected chi connectivity index (χ3v) is 4.91. The van der Waals surface area contributed by atoms with E-state index >= 15 is 8.78 Å². The lowest BCUT2D eigenvalue weighted by molar-refractivity contribution is 0.0655. The van der Waals surface area contributed by atoms with Crippen LogP contribution < -0.4 is 5.49 Å². The van der Waals surface area contributed by atoms with Gasteiger partial charge in [0.1, 0.15) is 11.3 Å². The van der Waals surface area contributed by atoms with E-state index in [1.807, 2.05) is 0 Å². The molecule has 1 aromatic carbocycles. The minimum Gasteiger partial charge on any atom is -0.283 e. The molecule has 0 radical (unpaired) electrons. The highest BCUT2D eigenvalue weighted by molar-refractivity contribution is 5.91. The average molecular weight is 425 g/mol. The monoisotopic (exact) mass is 425 g/mol. The van der Waals surface area contributed by atoms with Gasteiger partial charge in [0.05, 0.1) is 23.0 Å². The van der Waals surface area contributed by atoms with Crippen molar-refractivity contribution in [1.29, 1.82) is 10.8 Å². The van der Waals surface area contributed by atoms with E-state index in [-0.39, 0.29) is 10.9 Å². The van der Waals surface area contributed by atoms with Crippen LogP contribution in [0.2, 0.25) is 0 Å². The van der Waals surface area contributed by atoms with Crippen LogP contribution in [0.4, 0.5) is 13.2 Å². The Morgan fingerprint density at radius 2 is 1.90 bits per heavy atom. The second-order valence-electron chi connectivity index (χ2n) is 7.05. The Hall–Kier alpha value is -3.82. The molecule has 0 fully saturated rings. The van der Waals surface area contributed by atoms with Crippen molar-refractivity contribution in [2.24, 2.45) is 7.05 Å². The summed E-state index contributed by atoms with van der Waals surface area (Å²) < 4.78 is 47.2. The van der Waals surface area contributed by atoms with Gasteiger partial charge in [-0.2, -0.15) is 23.7 Å². The van der Waals surface area contributed by atoms with Crippen LogP contribution in [-0.4, -0.2) is 30.4 Å². The highest BCUT2D eigenvalue weighted by atomic mass is 19.3. The number of halogens is 3. The maximum atomic E-state index is 15.2. The molecule has 0 aliphatic carbocycles. The van der Waals surface area contributed by atoms with Gasteiger partial charge in [0.25, 0.3) is 0 Å². The first kappa shape index (κ1) is 20.5. The quantitative estimate of drug-likeness (QED) is 0.386. The Morgan fingerprint density at radius 1 is 1.13 bits per heavy atom. The van der Waals surface area contributed by atoms with Crippen LogP contribution in [0.3, 0.4) is 0 Å². The molecule has 0 aliphatic rings. The van der Waals surface area contributed by atoms with E-state index in [9.17, 15) is 4.39 Å². The van der Waals surface area contributed by atoms with Crippen molar-refractivity contribution in [2.45, 2.75) is 19.3 Å². The van der Waals surface area contributed by atoms with Gasteiger partial charge in [-0.05, 0) is 30.7 Å². The standard InChI is InChI=1S/C21H18F3N7/c1-3-15-4-5-19(25)31(29-15)20(26)21(23,24)16-7-12-6-13(14-10-28-30(2)11-14)9-27-18(12)8-17(16)22/h4-11,25-26H,3H2,1-2H3. The third-order valence-electron chi connectivity index (χ3n) is 4.91. The summed E-state index contributed by atoms with van der Waals surface area (Å²) in [6.07, 6.45) is 5.31. The van der Waals surface area contributed by atoms with Crippen LogP contribution in [0, 0.1) is 16.6 Å². The largest absolute Gasteiger partial charge is 0.334 e. The Kier molecular flexibility index (Phi) is 4.92. The summed E-state index contributed by atoms with van der Waals surface area (Å²) in [6, 6.07) is 6.31. The molecule has 0 spiro atoms. The van der Waals surface area contributed by atoms with Gasteiger partial charge in [0, 0.05) is 42.0 Å². The Bertz CT molecular complexity index is 1370. The molecule has 158 valence electrons. The molecule has 0 saturated carbocycles. The van der Waals surface area contributed by atoms with Crippen molar-refractivity contribution in [3.05, 3.63) is 71.5 Å². The number of rotatable bonds is 4. The maximum absolute atomic E-state index is 15.2. The molecule has 4 aromatic rings. The summed E-state index contributed by atoms with van der Waals surface area (Å²) in [7, 11) is 1.75. The Balaban J connectivity index is 1.82. The van der Waals surface area contributed by atoms with Crippen molar-refractivity contribution < 1.29 is 13.2 Å². The van der Waals surface area contributed by atoms with Gasteiger partial charge < -0.3 is 0 Å². The molecule has 3 aromatic heterocycles. The molecule has 0 atom stereocenters. The highest BCUT2D eigenvalue weighted by Crippen LogP contribution is 2.34. The fourth-order valence-electron chi connectivity index (χ4n) is 3.20. The Labute approximate surface area is 174 Å². The van der Waals surface area contributed by atoms with E-state index in [2.05, 4.69) is 15.2 Å². The van der Waals surface area contributed by atoms with Crippen LogP contribution in [0.1, 0.15) is 18.2 Å². The zero-order chi connectivity index (χ0) is 22.3. The number of nitrogens with one attached hydrogen (secondary N) is 2. The summed E-state index contributed by atoms with van der Waals surface area (Å²) in [5, 5.41) is 24.1. The molecular formula is C21H18F3N7. The first-order valence-electron chi connectivity index (χ1n) is 9.40. The lowest BCUT2D eigenvalue weighted by atomic mass is 10.0. The molecule has 0 aliphatic heterocycles. The number of pyridine rings is 1. The zero-order valence-corrected chi connectivity index (χ0v) is 16.7. The molecule has 0 amide bonds. The van der Waals surface area contributed by atoms with Crippen molar-refractivity contribution in [3.8, 4) is 11.1 Å². The minimum absolute atomic E-state index is 0.205. The SMILES string of the molecule is CCc1ccc(=N)n(C(=N)C(F)(F)c2cc3cc(-c4cnn(C)c4)cnc3cc2F)n1. The highest BCUT2D eigenvalue weighted by Gasteiger charge is 2.42. The topological polar surface area (TPSA) is 96.2 Å². The van der Waals surface area contributed by atoms with Crippen molar-refractivity contribution >= 4 is 16.7 Å². The van der Waals surface area contributed by atoms with E-state index in [1.165, 1.54) is 18.3 Å². The van der Waals surface area contributed by atoms with Crippen LogP contribution in [-0.2, 0) is 19.4 Å². The summed E-state index contributed by atoms with van der Waals surface area (Å²) in [4.78, 5) is 4.17. The van der Waals surface area contributed by atoms with E-state index in [4.69, 9.17) is 10.8 Å². The predicted molar refractivity (Wildman–Crippen MR) is 108 cm³/mol. The van der Waals surface area contributed by atoms with Crippen LogP contribution in [0.15, 0.2) is 48.9 Å². The lowest BCUT2D eigenvalue weighted by Crippen LogP contribution is -2.40. The zero-order valence-electron chi connectivity index (χ0n) is 16.7. The van der Waals surface area contributed by atoms with Gasteiger partial charge >= 0.3 is 5.92 Å². The summed E-state index contributed by atoms with van der Waals surface area (Å²) in [5.74, 6) is -6.52. The molecule has 0 saturated heterocycles. The van der Waals surface area contributed by atoms with Crippen LogP contribution in [0.5, 0.6) is 0 Å². The van der Waals surface area contributed by atoms with E-state index < -0.39 is 28.6 Å². The lowest BCUT2D eigenvalue weighted by Gasteiger charge is -2.20. The summed E-state index contributed by atoms with van der Waals surface area (Å²) in [5.41, 5.74) is 0.625. The van der Waals surface area contributed by atoms with Crippen LogP contribution in [0.25, 0.3) is 22.0 Å². The molecule has 10 heteroatoms. The van der Waals surface area contributed by atoms with Gasteiger partial charge in [-0.25, -0.2) is 4.39 Å². The number of hydrogen-bond acceptors (Lipinski definition) is 5. The molecular weight excluding hydrogens is 407 g/mol. The molecule has 3 heterocycles. The first-order chi connectivity index (χ1) is 14.7. The second-order valence-corrected chi connectivity index (χ2v) is 7.05. The second kappa shape index (κ2) is 7.46. The molecule has 0 unspecified atom stereocenters. The molecule has 2 N–H and O–H groups in total. The number of alkyl halides is 2. The van der Waals surface area contributed by atoms with E-state index in [0.717, 1.165) is 17.7 Å². The van der Waals surface area contributed by atoms with Crippen molar-refractivity contribution in [2.75, 3.05) is 0 Å². The summed E-state index contributed by atoms with van der Waals surface area (Å²) >= 11 is 0. The van der Waals surface area contributed by atoms with E-state index in [1.54, 1.807) is 37.1 Å². The average Bonchev–Trinajstić information content (AvgIpc) is 3.19. The van der Waals surface area contributed by atoms with E-state index in [0.29, 0.717) is 22.4 Å². The van der Waals surface area contributed by atoms with Gasteiger partial charge in [-0.3, -0.25) is 20.5 Å².